The molecule has 0 atom stereocenters. The van der Waals surface area contributed by atoms with Crippen LogP contribution in [0.25, 0.3) is 22.3 Å². The number of aliphatic carboxylic acids is 1. The Morgan fingerprint density at radius 1 is 1.25 bits per heavy atom. The van der Waals surface area contributed by atoms with E-state index in [1.165, 1.54) is 6.07 Å². The summed E-state index contributed by atoms with van der Waals surface area (Å²) in [6, 6.07) is 11.5. The van der Waals surface area contributed by atoms with E-state index in [2.05, 4.69) is 0 Å². The van der Waals surface area contributed by atoms with Gasteiger partial charge in [-0.15, -0.1) is 0 Å². The number of para-hydroxylation sites is 1. The Labute approximate surface area is 142 Å². The van der Waals surface area contributed by atoms with Crippen LogP contribution >= 0.6 is 11.6 Å². The van der Waals surface area contributed by atoms with Crippen LogP contribution in [0.3, 0.4) is 0 Å². The highest BCUT2D eigenvalue weighted by atomic mass is 35.5. The van der Waals surface area contributed by atoms with Crippen LogP contribution in [-0.4, -0.2) is 17.7 Å². The standard InChI is InChI=1S/C18H13ClO5/c1-10-5-6-12(15(7-10)23-9-17(21)22)16-8-14(20)11-3-2-4-13(19)18(11)24-16/h2-8H,9H2,1H3,(H,21,22). The maximum atomic E-state index is 12.3. The number of rotatable bonds is 4. The van der Waals surface area contributed by atoms with Gasteiger partial charge in [-0.2, -0.15) is 0 Å². The van der Waals surface area contributed by atoms with Crippen LogP contribution in [-0.2, 0) is 4.79 Å². The fourth-order valence-electron chi connectivity index (χ4n) is 2.37. The molecule has 0 aliphatic carbocycles. The summed E-state index contributed by atoms with van der Waals surface area (Å²) in [6.45, 7) is 1.36. The average molecular weight is 345 g/mol. The fourth-order valence-corrected chi connectivity index (χ4v) is 2.58. The number of aryl methyl sites for hydroxylation is 1. The van der Waals surface area contributed by atoms with Gasteiger partial charge >= 0.3 is 5.97 Å². The molecule has 0 radical (unpaired) electrons. The molecule has 0 unspecified atom stereocenters. The van der Waals surface area contributed by atoms with Gasteiger partial charge in [-0.1, -0.05) is 23.7 Å². The second-order valence-corrected chi connectivity index (χ2v) is 5.68. The number of hydrogen-bond acceptors (Lipinski definition) is 4. The van der Waals surface area contributed by atoms with Crippen LogP contribution in [0.15, 0.2) is 51.7 Å². The molecule has 0 bridgehead atoms. The maximum absolute atomic E-state index is 12.3. The molecule has 24 heavy (non-hydrogen) atoms. The van der Waals surface area contributed by atoms with Gasteiger partial charge in [0.1, 0.15) is 11.5 Å². The van der Waals surface area contributed by atoms with Crippen LogP contribution in [0.2, 0.25) is 5.02 Å². The molecule has 3 aromatic rings. The first-order chi connectivity index (χ1) is 11.5. The Balaban J connectivity index is 2.18. The summed E-state index contributed by atoms with van der Waals surface area (Å²) in [6.07, 6.45) is 0. The molecular formula is C18H13ClO5. The van der Waals surface area contributed by atoms with Crippen molar-refractivity contribution in [1.29, 1.82) is 0 Å². The molecule has 5 nitrogen and oxygen atoms in total. The second-order valence-electron chi connectivity index (χ2n) is 5.27. The van der Waals surface area contributed by atoms with E-state index in [-0.39, 0.29) is 16.8 Å². The van der Waals surface area contributed by atoms with Crippen molar-refractivity contribution in [2.75, 3.05) is 6.61 Å². The van der Waals surface area contributed by atoms with E-state index in [9.17, 15) is 9.59 Å². The second kappa shape index (κ2) is 6.37. The number of carboxylic acids is 1. The number of carboxylic acid groups (broad SMARTS) is 1. The molecule has 1 heterocycles. The quantitative estimate of drug-likeness (QED) is 0.777. The smallest absolute Gasteiger partial charge is 0.341 e. The highest BCUT2D eigenvalue weighted by molar-refractivity contribution is 6.34. The third-order valence-corrected chi connectivity index (χ3v) is 3.76. The Bertz CT molecular complexity index is 990. The van der Waals surface area contributed by atoms with Crippen molar-refractivity contribution in [2.24, 2.45) is 0 Å². The van der Waals surface area contributed by atoms with Gasteiger partial charge in [0, 0.05) is 6.07 Å². The van der Waals surface area contributed by atoms with Crippen LogP contribution in [0, 0.1) is 6.92 Å². The first kappa shape index (κ1) is 16.1. The molecule has 122 valence electrons. The Hall–Kier alpha value is -2.79. The van der Waals surface area contributed by atoms with Crippen molar-refractivity contribution in [3.05, 3.63) is 63.3 Å². The number of fused-ring (bicyclic) bond motifs is 1. The minimum Gasteiger partial charge on any atom is -0.481 e. The van der Waals surface area contributed by atoms with Gasteiger partial charge < -0.3 is 14.3 Å². The number of hydrogen-bond donors (Lipinski definition) is 1. The molecule has 1 aromatic heterocycles. The number of halogens is 1. The van der Waals surface area contributed by atoms with E-state index in [1.807, 2.05) is 13.0 Å². The van der Waals surface area contributed by atoms with Gasteiger partial charge in [0.15, 0.2) is 17.6 Å². The van der Waals surface area contributed by atoms with E-state index < -0.39 is 12.6 Å². The Morgan fingerprint density at radius 2 is 2.04 bits per heavy atom. The van der Waals surface area contributed by atoms with Crippen molar-refractivity contribution in [1.82, 2.24) is 0 Å². The van der Waals surface area contributed by atoms with Gasteiger partial charge in [0.05, 0.1) is 16.0 Å². The molecule has 1 N–H and O–H groups in total. The number of carbonyl (C=O) groups is 1. The van der Waals surface area contributed by atoms with E-state index in [1.54, 1.807) is 30.3 Å². The van der Waals surface area contributed by atoms with E-state index in [0.717, 1.165) is 5.56 Å². The zero-order valence-corrected chi connectivity index (χ0v) is 13.5. The monoisotopic (exact) mass is 344 g/mol. The third kappa shape index (κ3) is 3.12. The van der Waals surface area contributed by atoms with Crippen molar-refractivity contribution in [3.8, 4) is 17.1 Å². The van der Waals surface area contributed by atoms with Gasteiger partial charge in [0.2, 0.25) is 0 Å². The van der Waals surface area contributed by atoms with Crippen molar-refractivity contribution >= 4 is 28.5 Å². The van der Waals surface area contributed by atoms with Crippen LogP contribution in [0.5, 0.6) is 5.75 Å². The molecule has 3 rings (SSSR count). The molecule has 2 aromatic carbocycles. The summed E-state index contributed by atoms with van der Waals surface area (Å²) in [5.41, 5.74) is 1.42. The molecule has 0 fully saturated rings. The predicted molar refractivity (Wildman–Crippen MR) is 90.8 cm³/mol. The van der Waals surface area contributed by atoms with E-state index in [0.29, 0.717) is 21.7 Å². The normalized spacial score (nSPS) is 10.8. The van der Waals surface area contributed by atoms with Crippen molar-refractivity contribution < 1.29 is 19.1 Å². The van der Waals surface area contributed by atoms with Gasteiger partial charge in [-0.05, 0) is 36.8 Å². The molecule has 0 aliphatic heterocycles. The van der Waals surface area contributed by atoms with Crippen molar-refractivity contribution in [2.45, 2.75) is 6.92 Å². The van der Waals surface area contributed by atoms with Crippen LogP contribution in [0.4, 0.5) is 0 Å². The predicted octanol–water partition coefficient (Wildman–Crippen LogP) is 3.89. The average Bonchev–Trinajstić information content (AvgIpc) is 2.54. The van der Waals surface area contributed by atoms with Gasteiger partial charge in [-0.3, -0.25) is 4.79 Å². The first-order valence-electron chi connectivity index (χ1n) is 7.13. The zero-order chi connectivity index (χ0) is 17.3. The summed E-state index contributed by atoms with van der Waals surface area (Å²) in [5.74, 6) is -0.501. The summed E-state index contributed by atoms with van der Waals surface area (Å²) < 4.78 is 11.1. The summed E-state index contributed by atoms with van der Waals surface area (Å²) in [5, 5.41) is 9.52. The largest absolute Gasteiger partial charge is 0.481 e. The van der Waals surface area contributed by atoms with E-state index >= 15 is 0 Å². The minimum atomic E-state index is -1.09. The molecule has 6 heteroatoms. The minimum absolute atomic E-state index is 0.237. The SMILES string of the molecule is Cc1ccc(-c2cc(=O)c3cccc(Cl)c3o2)c(OCC(=O)O)c1. The van der Waals surface area contributed by atoms with Crippen LogP contribution < -0.4 is 10.2 Å². The molecular weight excluding hydrogens is 332 g/mol. The summed E-state index contributed by atoms with van der Waals surface area (Å²) >= 11 is 6.11. The van der Waals surface area contributed by atoms with E-state index in [4.69, 9.17) is 25.9 Å². The molecule has 0 spiro atoms. The van der Waals surface area contributed by atoms with Gasteiger partial charge in [0.25, 0.3) is 0 Å². The lowest BCUT2D eigenvalue weighted by molar-refractivity contribution is -0.139. The molecule has 0 saturated heterocycles. The fraction of sp³-hybridized carbons (Fsp3) is 0.111. The lowest BCUT2D eigenvalue weighted by Gasteiger charge is -2.11. The topological polar surface area (TPSA) is 76.7 Å². The number of benzene rings is 2. The van der Waals surface area contributed by atoms with Crippen LogP contribution in [0.1, 0.15) is 5.56 Å². The summed E-state index contributed by atoms with van der Waals surface area (Å²) in [4.78, 5) is 23.1. The lowest BCUT2D eigenvalue weighted by Crippen LogP contribution is -2.10. The Morgan fingerprint density at radius 3 is 2.79 bits per heavy atom. The first-order valence-corrected chi connectivity index (χ1v) is 7.51. The highest BCUT2D eigenvalue weighted by Gasteiger charge is 2.14. The third-order valence-electron chi connectivity index (χ3n) is 3.46. The maximum Gasteiger partial charge on any atom is 0.341 e. The van der Waals surface area contributed by atoms with Gasteiger partial charge in [-0.25, -0.2) is 4.79 Å². The lowest BCUT2D eigenvalue weighted by atomic mass is 10.1. The molecule has 0 aliphatic rings. The molecule has 0 saturated carbocycles. The highest BCUT2D eigenvalue weighted by Crippen LogP contribution is 2.33. The molecule has 0 amide bonds. The van der Waals surface area contributed by atoms with Crippen molar-refractivity contribution in [3.63, 3.8) is 0 Å². The number of ether oxygens (including phenoxy) is 1. The zero-order valence-electron chi connectivity index (χ0n) is 12.7. The Kier molecular flexibility index (Phi) is 4.27. The summed E-state index contributed by atoms with van der Waals surface area (Å²) in [7, 11) is 0.